The average Bonchev–Trinajstić information content (AvgIpc) is 2.85. The van der Waals surface area contributed by atoms with Crippen molar-refractivity contribution in [1.82, 2.24) is 19.9 Å². The molecule has 1 saturated carbocycles. The van der Waals surface area contributed by atoms with E-state index < -0.39 is 18.2 Å². The molecule has 0 bridgehead atoms. The molecule has 0 radical (unpaired) electrons. The number of imide groups is 1. The molecule has 0 atom stereocenters. The molecule has 1 aliphatic heterocycles. The number of nitrogens with two attached hydrogens (primary N) is 1. The summed E-state index contributed by atoms with van der Waals surface area (Å²) in [5, 5.41) is 3.27. The number of nitrogens with zero attached hydrogens (tertiary/aromatic N) is 4. The number of anilines is 1. The summed E-state index contributed by atoms with van der Waals surface area (Å²) in [5.41, 5.74) is 2.09. The van der Waals surface area contributed by atoms with Crippen LogP contribution in [0.3, 0.4) is 0 Å². The molecule has 0 unspecified atom stereocenters. The van der Waals surface area contributed by atoms with Gasteiger partial charge < -0.3 is 10.2 Å². The fourth-order valence-corrected chi connectivity index (χ4v) is 4.73. The Bertz CT molecular complexity index is 1000. The fraction of sp³-hybridized carbons (Fsp3) is 0.500. The number of piperidine rings is 1. The summed E-state index contributed by atoms with van der Waals surface area (Å²) in [5.74, 6) is 3.24. The van der Waals surface area contributed by atoms with Crippen LogP contribution in [-0.2, 0) is 10.3 Å². The SMILES string of the molecule is CCN1CCC(c2ccc(C3(Nc4ncc(C(=O)N(N)C(=O)C(F)F)cn4)CCC3)cc2)CC1. The van der Waals surface area contributed by atoms with E-state index in [-0.39, 0.29) is 16.1 Å². The van der Waals surface area contributed by atoms with Gasteiger partial charge in [-0.25, -0.2) is 20.8 Å². The molecule has 2 aliphatic rings. The normalized spacial score (nSPS) is 18.4. The van der Waals surface area contributed by atoms with Crippen molar-refractivity contribution < 1.29 is 18.4 Å². The Hall–Kier alpha value is -2.98. The van der Waals surface area contributed by atoms with E-state index in [9.17, 15) is 18.4 Å². The minimum Gasteiger partial charge on any atom is -0.345 e. The quantitative estimate of drug-likeness (QED) is 0.362. The van der Waals surface area contributed by atoms with E-state index in [1.807, 2.05) is 0 Å². The molecule has 1 aromatic carbocycles. The van der Waals surface area contributed by atoms with E-state index in [1.54, 1.807) is 0 Å². The van der Waals surface area contributed by atoms with Crippen molar-refractivity contribution >= 4 is 17.8 Å². The van der Waals surface area contributed by atoms with Crippen molar-refractivity contribution in [1.29, 1.82) is 0 Å². The number of hydrogen-bond donors (Lipinski definition) is 2. The Morgan fingerprint density at radius 1 is 1.18 bits per heavy atom. The Balaban J connectivity index is 1.42. The summed E-state index contributed by atoms with van der Waals surface area (Å²) in [6, 6.07) is 8.80. The highest BCUT2D eigenvalue weighted by Gasteiger charge is 2.39. The predicted octanol–water partition coefficient (Wildman–Crippen LogP) is 3.27. The number of amides is 2. The molecule has 2 heterocycles. The Labute approximate surface area is 197 Å². The third-order valence-electron chi connectivity index (χ3n) is 7.07. The van der Waals surface area contributed by atoms with Gasteiger partial charge in [-0.05, 0) is 68.8 Å². The average molecular weight is 473 g/mol. The van der Waals surface area contributed by atoms with Gasteiger partial charge in [0.25, 0.3) is 5.91 Å². The Morgan fingerprint density at radius 2 is 1.79 bits per heavy atom. The van der Waals surface area contributed by atoms with Crippen LogP contribution in [0.15, 0.2) is 36.7 Å². The standard InChI is InChI=1S/C24H30F2N6O2/c1-2-31-12-8-17(9-13-31)16-4-6-19(7-5-16)24(10-3-11-24)30-23-28-14-18(15-29-23)21(33)32(27)22(34)20(25)26/h4-7,14-15,17,20H,2-3,8-13,27H2,1H3,(H,28,29,30). The summed E-state index contributed by atoms with van der Waals surface area (Å²) < 4.78 is 25.0. The smallest absolute Gasteiger partial charge is 0.317 e. The maximum atomic E-state index is 12.5. The highest BCUT2D eigenvalue weighted by molar-refractivity contribution is 6.04. The second kappa shape index (κ2) is 10.1. The highest BCUT2D eigenvalue weighted by atomic mass is 19.3. The van der Waals surface area contributed by atoms with Crippen LogP contribution in [0.5, 0.6) is 0 Å². The van der Waals surface area contributed by atoms with E-state index in [4.69, 9.17) is 5.84 Å². The molecule has 182 valence electrons. The van der Waals surface area contributed by atoms with Gasteiger partial charge in [-0.3, -0.25) is 9.59 Å². The molecule has 2 fully saturated rings. The van der Waals surface area contributed by atoms with Crippen molar-refractivity contribution in [3.05, 3.63) is 53.3 Å². The van der Waals surface area contributed by atoms with Gasteiger partial charge >= 0.3 is 12.3 Å². The first-order valence-corrected chi connectivity index (χ1v) is 11.7. The largest absolute Gasteiger partial charge is 0.345 e. The van der Waals surface area contributed by atoms with Crippen LogP contribution < -0.4 is 11.2 Å². The zero-order valence-corrected chi connectivity index (χ0v) is 19.2. The molecule has 0 spiro atoms. The molecule has 1 aromatic heterocycles. The summed E-state index contributed by atoms with van der Waals surface area (Å²) in [4.78, 5) is 34.2. The van der Waals surface area contributed by atoms with Crippen LogP contribution in [-0.4, -0.2) is 57.8 Å². The van der Waals surface area contributed by atoms with Crippen LogP contribution in [0, 0.1) is 0 Å². The number of benzene rings is 1. The van der Waals surface area contributed by atoms with Crippen molar-refractivity contribution in [2.24, 2.45) is 5.84 Å². The molecule has 8 nitrogen and oxygen atoms in total. The van der Waals surface area contributed by atoms with Crippen LogP contribution in [0.25, 0.3) is 0 Å². The summed E-state index contributed by atoms with van der Waals surface area (Å²) >= 11 is 0. The summed E-state index contributed by atoms with van der Waals surface area (Å²) in [6.45, 7) is 5.59. The lowest BCUT2D eigenvalue weighted by Gasteiger charge is -2.43. The maximum Gasteiger partial charge on any atom is 0.317 e. The van der Waals surface area contributed by atoms with Gasteiger partial charge in [-0.15, -0.1) is 0 Å². The lowest BCUT2D eigenvalue weighted by molar-refractivity contribution is -0.140. The first-order chi connectivity index (χ1) is 16.3. The van der Waals surface area contributed by atoms with Crippen LogP contribution in [0.2, 0.25) is 0 Å². The van der Waals surface area contributed by atoms with E-state index in [1.165, 1.54) is 30.8 Å². The number of carbonyl (C=O) groups excluding carboxylic acids is 2. The van der Waals surface area contributed by atoms with Gasteiger partial charge in [-0.2, -0.15) is 8.78 Å². The second-order valence-corrected chi connectivity index (χ2v) is 9.00. The zero-order valence-electron chi connectivity index (χ0n) is 19.2. The lowest BCUT2D eigenvalue weighted by atomic mass is 9.71. The minimum absolute atomic E-state index is 0.114. The first-order valence-electron chi connectivity index (χ1n) is 11.7. The van der Waals surface area contributed by atoms with E-state index in [0.717, 1.165) is 44.5 Å². The molecule has 1 saturated heterocycles. The van der Waals surface area contributed by atoms with Gasteiger partial charge in [0.05, 0.1) is 11.1 Å². The van der Waals surface area contributed by atoms with Crippen molar-refractivity contribution in [3.63, 3.8) is 0 Å². The summed E-state index contributed by atoms with van der Waals surface area (Å²) in [6.07, 6.45) is 4.25. The molecule has 3 N–H and O–H groups in total. The van der Waals surface area contributed by atoms with Crippen LogP contribution >= 0.6 is 0 Å². The number of aromatic nitrogens is 2. The molecule has 4 rings (SSSR count). The molecular formula is C24H30F2N6O2. The number of alkyl halides is 2. The van der Waals surface area contributed by atoms with Gasteiger partial charge in [0.15, 0.2) is 0 Å². The van der Waals surface area contributed by atoms with Crippen molar-refractivity contribution in [2.45, 2.75) is 56.9 Å². The third kappa shape index (κ3) is 4.92. The van der Waals surface area contributed by atoms with Crippen LogP contribution in [0.1, 0.15) is 66.4 Å². The zero-order chi connectivity index (χ0) is 24.3. The number of carbonyl (C=O) groups is 2. The monoisotopic (exact) mass is 472 g/mol. The third-order valence-corrected chi connectivity index (χ3v) is 7.07. The first kappa shape index (κ1) is 24.2. The van der Waals surface area contributed by atoms with Gasteiger partial charge in [-0.1, -0.05) is 31.2 Å². The van der Waals surface area contributed by atoms with Crippen LogP contribution in [0.4, 0.5) is 14.7 Å². The Kier molecular flexibility index (Phi) is 7.18. The number of likely N-dealkylation sites (tertiary alicyclic amines) is 1. The number of hydrogen-bond acceptors (Lipinski definition) is 7. The highest BCUT2D eigenvalue weighted by Crippen LogP contribution is 2.44. The van der Waals surface area contributed by atoms with Gasteiger partial charge in [0, 0.05) is 12.4 Å². The lowest BCUT2D eigenvalue weighted by Crippen LogP contribution is -2.45. The van der Waals surface area contributed by atoms with Gasteiger partial charge in [0.1, 0.15) is 0 Å². The predicted molar refractivity (Wildman–Crippen MR) is 123 cm³/mol. The molecule has 2 amide bonds. The Morgan fingerprint density at radius 3 is 2.29 bits per heavy atom. The summed E-state index contributed by atoms with van der Waals surface area (Å²) in [7, 11) is 0. The molecule has 10 heteroatoms. The number of nitrogens with one attached hydrogen (secondary N) is 1. The molecule has 34 heavy (non-hydrogen) atoms. The maximum absolute atomic E-state index is 12.5. The van der Waals surface area contributed by atoms with Gasteiger partial charge in [0.2, 0.25) is 5.95 Å². The topological polar surface area (TPSA) is 104 Å². The minimum atomic E-state index is -3.37. The van der Waals surface area contributed by atoms with E-state index in [2.05, 4.69) is 51.4 Å². The van der Waals surface area contributed by atoms with E-state index in [0.29, 0.717) is 11.9 Å². The molecule has 2 aromatic rings. The fourth-order valence-electron chi connectivity index (χ4n) is 4.73. The number of rotatable bonds is 7. The number of hydrazine groups is 1. The number of halogens is 2. The second-order valence-electron chi connectivity index (χ2n) is 9.00. The molecule has 1 aliphatic carbocycles. The molecular weight excluding hydrogens is 442 g/mol. The van der Waals surface area contributed by atoms with Crippen molar-refractivity contribution in [3.8, 4) is 0 Å². The van der Waals surface area contributed by atoms with E-state index >= 15 is 0 Å². The van der Waals surface area contributed by atoms with Crippen molar-refractivity contribution in [2.75, 3.05) is 25.0 Å².